The number of hydrogen-bond donors (Lipinski definition) is 2. The molecule has 1 heterocycles. The van der Waals surface area contributed by atoms with Crippen LogP contribution in [0.2, 0.25) is 5.02 Å². The Labute approximate surface area is 252 Å². The van der Waals surface area contributed by atoms with E-state index in [-0.39, 0.29) is 37.9 Å². The van der Waals surface area contributed by atoms with Gasteiger partial charge in [0.25, 0.3) is 0 Å². The Kier molecular flexibility index (Phi) is 11.8. The molecule has 0 aliphatic carbocycles. The molecule has 0 fully saturated rings. The van der Waals surface area contributed by atoms with E-state index >= 15 is 0 Å². The van der Waals surface area contributed by atoms with Crippen molar-refractivity contribution in [3.05, 3.63) is 100 Å². The zero-order valence-corrected chi connectivity index (χ0v) is 24.5. The van der Waals surface area contributed by atoms with E-state index in [2.05, 4.69) is 10.2 Å². The van der Waals surface area contributed by atoms with Crippen LogP contribution in [0.4, 0.5) is 0 Å². The molecule has 42 heavy (non-hydrogen) atoms. The van der Waals surface area contributed by atoms with E-state index in [4.69, 9.17) is 16.3 Å². The van der Waals surface area contributed by atoms with Gasteiger partial charge in [0, 0.05) is 43.2 Å². The third-order valence-corrected chi connectivity index (χ3v) is 7.38. The molecule has 0 aromatic heterocycles. The van der Waals surface area contributed by atoms with Crippen molar-refractivity contribution in [1.29, 1.82) is 0 Å². The smallest absolute Gasteiger partial charge is 0.323 e. The number of ether oxygens (including phenoxy) is 1. The molecule has 0 saturated carbocycles. The Hall–Kier alpha value is -3.88. The van der Waals surface area contributed by atoms with E-state index < -0.39 is 5.97 Å². The number of aryl methyl sites for hydroxylation is 1. The fraction of sp³-hybridized carbons (Fsp3) is 0.364. The summed E-state index contributed by atoms with van der Waals surface area (Å²) in [6.07, 6.45) is 3.38. The van der Waals surface area contributed by atoms with Gasteiger partial charge in [-0.15, -0.1) is 0 Å². The number of aliphatic carboxylic acids is 1. The van der Waals surface area contributed by atoms with Gasteiger partial charge in [-0.2, -0.15) is 0 Å². The van der Waals surface area contributed by atoms with E-state index in [1.807, 2.05) is 48.5 Å². The summed E-state index contributed by atoms with van der Waals surface area (Å²) in [6.45, 7) is 2.41. The number of carboxylic acids is 1. The number of benzene rings is 3. The topological polar surface area (TPSA) is 99.2 Å². The van der Waals surface area contributed by atoms with Crippen molar-refractivity contribution in [1.82, 2.24) is 15.1 Å². The fourth-order valence-electron chi connectivity index (χ4n) is 4.99. The molecule has 1 aliphatic heterocycles. The van der Waals surface area contributed by atoms with Gasteiger partial charge in [-0.3, -0.25) is 19.3 Å². The quantitative estimate of drug-likeness (QED) is 0.361. The predicted molar refractivity (Wildman–Crippen MR) is 162 cm³/mol. The minimum atomic E-state index is -1.06. The average molecular weight is 592 g/mol. The first-order chi connectivity index (χ1) is 20.4. The number of nitrogens with one attached hydrogen (secondary N) is 1. The molecule has 222 valence electrons. The third-order valence-electron chi connectivity index (χ3n) is 7.13. The molecule has 3 aromatic rings. The zero-order valence-electron chi connectivity index (χ0n) is 23.8. The maximum Gasteiger partial charge on any atom is 0.323 e. The van der Waals surface area contributed by atoms with Gasteiger partial charge < -0.3 is 20.1 Å². The molecule has 0 bridgehead atoms. The molecule has 3 aromatic carbocycles. The van der Waals surface area contributed by atoms with Gasteiger partial charge in [-0.1, -0.05) is 66.2 Å². The number of rotatable bonds is 9. The van der Waals surface area contributed by atoms with Crippen LogP contribution in [0.25, 0.3) is 0 Å². The fourth-order valence-corrected chi connectivity index (χ4v) is 5.12. The minimum absolute atomic E-state index is 0.00592. The van der Waals surface area contributed by atoms with Crippen LogP contribution >= 0.6 is 11.6 Å². The Morgan fingerprint density at radius 1 is 0.929 bits per heavy atom. The standard InChI is InChI=1S/C33H38ClN3O5/c34-29-13-9-27(10-14-29)21-37(24-33(40)41)32(39)16-12-25-11-15-30-28(19-25)22-36(20-26-7-3-1-4-8-26)23-31(38)35-17-5-2-6-18-42-30/h1,3-4,7-11,13-15,19H,2,5-6,12,16-18,20-24H2,(H,35,38)(H,40,41). The molecule has 2 N–H and O–H groups in total. The normalized spacial score (nSPS) is 14.7. The maximum atomic E-state index is 13.2. The largest absolute Gasteiger partial charge is 0.493 e. The summed E-state index contributed by atoms with van der Waals surface area (Å²) in [6, 6.07) is 23.0. The van der Waals surface area contributed by atoms with E-state index in [0.29, 0.717) is 37.7 Å². The molecule has 0 atom stereocenters. The molecule has 1 aliphatic rings. The Balaban J connectivity index is 1.50. The van der Waals surface area contributed by atoms with Crippen LogP contribution in [0.1, 0.15) is 47.9 Å². The molecule has 9 heteroatoms. The maximum absolute atomic E-state index is 13.2. The molecule has 0 saturated heterocycles. The average Bonchev–Trinajstić information content (AvgIpc) is 2.98. The van der Waals surface area contributed by atoms with Crippen molar-refractivity contribution in [3.8, 4) is 5.75 Å². The lowest BCUT2D eigenvalue weighted by Gasteiger charge is -2.24. The van der Waals surface area contributed by atoms with Gasteiger partial charge >= 0.3 is 5.97 Å². The molecule has 4 rings (SSSR count). The van der Waals surface area contributed by atoms with Crippen LogP contribution in [0, 0.1) is 0 Å². The Morgan fingerprint density at radius 3 is 2.45 bits per heavy atom. The van der Waals surface area contributed by atoms with Gasteiger partial charge in [-0.05, 0) is 60.6 Å². The molecule has 8 nitrogen and oxygen atoms in total. The van der Waals surface area contributed by atoms with Crippen LogP contribution in [-0.2, 0) is 40.4 Å². The van der Waals surface area contributed by atoms with Gasteiger partial charge in [0.15, 0.2) is 0 Å². The summed E-state index contributed by atoms with van der Waals surface area (Å²) in [7, 11) is 0. The van der Waals surface area contributed by atoms with Crippen molar-refractivity contribution >= 4 is 29.4 Å². The second kappa shape index (κ2) is 15.9. The molecule has 2 amide bonds. The number of carbonyl (C=O) groups excluding carboxylic acids is 2. The molecular formula is C33H38ClN3O5. The van der Waals surface area contributed by atoms with Crippen LogP contribution in [0.15, 0.2) is 72.8 Å². The zero-order chi connectivity index (χ0) is 29.7. The summed E-state index contributed by atoms with van der Waals surface area (Å²) < 4.78 is 6.18. The first-order valence-electron chi connectivity index (χ1n) is 14.4. The van der Waals surface area contributed by atoms with Crippen molar-refractivity contribution in [3.63, 3.8) is 0 Å². The summed E-state index contributed by atoms with van der Waals surface area (Å²) in [5, 5.41) is 13.0. The van der Waals surface area contributed by atoms with Crippen molar-refractivity contribution in [2.24, 2.45) is 0 Å². The van der Waals surface area contributed by atoms with Crippen molar-refractivity contribution < 1.29 is 24.2 Å². The number of carboxylic acid groups (broad SMARTS) is 1. The van der Waals surface area contributed by atoms with Crippen LogP contribution in [0.3, 0.4) is 0 Å². The number of hydrogen-bond acceptors (Lipinski definition) is 5. The summed E-state index contributed by atoms with van der Waals surface area (Å²) in [5.74, 6) is -0.533. The number of halogens is 1. The second-order valence-corrected chi connectivity index (χ2v) is 11.0. The van der Waals surface area contributed by atoms with E-state index in [1.54, 1.807) is 24.3 Å². The Morgan fingerprint density at radius 2 is 1.69 bits per heavy atom. The van der Waals surface area contributed by atoms with E-state index in [1.165, 1.54) is 4.90 Å². The number of nitrogens with zero attached hydrogens (tertiary/aromatic N) is 2. The first kappa shape index (κ1) is 31.1. The summed E-state index contributed by atoms with van der Waals surface area (Å²) in [5.41, 5.74) is 3.81. The van der Waals surface area contributed by atoms with Crippen molar-refractivity contribution in [2.75, 3.05) is 26.2 Å². The SMILES string of the molecule is O=C(O)CN(Cc1ccc(Cl)cc1)C(=O)CCc1ccc2c(c1)CN(Cc1ccccc1)CC(=O)NCCCCCO2. The van der Waals surface area contributed by atoms with Gasteiger partial charge in [0.05, 0.1) is 13.2 Å². The Bertz CT molecular complexity index is 1330. The number of amides is 2. The van der Waals surface area contributed by atoms with Crippen LogP contribution < -0.4 is 10.1 Å². The lowest BCUT2D eigenvalue weighted by Crippen LogP contribution is -2.37. The van der Waals surface area contributed by atoms with Crippen LogP contribution in [0.5, 0.6) is 5.75 Å². The second-order valence-electron chi connectivity index (χ2n) is 10.6. The lowest BCUT2D eigenvalue weighted by atomic mass is 10.0. The lowest BCUT2D eigenvalue weighted by molar-refractivity contribution is -0.144. The monoisotopic (exact) mass is 591 g/mol. The summed E-state index contributed by atoms with van der Waals surface area (Å²) >= 11 is 5.97. The minimum Gasteiger partial charge on any atom is -0.493 e. The molecular weight excluding hydrogens is 554 g/mol. The van der Waals surface area contributed by atoms with Gasteiger partial charge in [0.1, 0.15) is 12.3 Å². The summed E-state index contributed by atoms with van der Waals surface area (Å²) in [4.78, 5) is 40.9. The highest BCUT2D eigenvalue weighted by Crippen LogP contribution is 2.25. The van der Waals surface area contributed by atoms with E-state index in [0.717, 1.165) is 47.3 Å². The van der Waals surface area contributed by atoms with Crippen LogP contribution in [-0.4, -0.2) is 58.9 Å². The number of fused-ring (bicyclic) bond motifs is 1. The number of carbonyl (C=O) groups is 3. The predicted octanol–water partition coefficient (Wildman–Crippen LogP) is 5.07. The van der Waals surface area contributed by atoms with Crippen molar-refractivity contribution in [2.45, 2.75) is 51.7 Å². The highest BCUT2D eigenvalue weighted by molar-refractivity contribution is 6.30. The third kappa shape index (κ3) is 10.2. The van der Waals surface area contributed by atoms with E-state index in [9.17, 15) is 19.5 Å². The first-order valence-corrected chi connectivity index (χ1v) is 14.7. The molecule has 0 unspecified atom stereocenters. The highest BCUT2D eigenvalue weighted by atomic mass is 35.5. The molecule has 0 spiro atoms. The molecule has 0 radical (unpaired) electrons. The highest BCUT2D eigenvalue weighted by Gasteiger charge is 2.19. The van der Waals surface area contributed by atoms with Gasteiger partial charge in [0.2, 0.25) is 11.8 Å². The van der Waals surface area contributed by atoms with Gasteiger partial charge in [-0.25, -0.2) is 0 Å².